The monoisotopic (exact) mass is 294 g/mol. The highest BCUT2D eigenvalue weighted by molar-refractivity contribution is 6.32. The van der Waals surface area contributed by atoms with Crippen molar-refractivity contribution in [2.24, 2.45) is 0 Å². The summed E-state index contributed by atoms with van der Waals surface area (Å²) < 4.78 is 16.3. The summed E-state index contributed by atoms with van der Waals surface area (Å²) in [6, 6.07) is 10.4. The highest BCUT2D eigenvalue weighted by Gasteiger charge is 2.14. The first-order valence-corrected chi connectivity index (χ1v) is 6.35. The standard InChI is InChI=1S/C15H15ClO4/c1-18-13-4-3-5-14(19-2)15(13)20-12-7-6-10(9-17)8-11(12)16/h3-8,17H,9H2,1-2H3. The average Bonchev–Trinajstić information content (AvgIpc) is 2.49. The van der Waals surface area contributed by atoms with Gasteiger partial charge in [-0.3, -0.25) is 0 Å². The number of aliphatic hydroxyl groups is 1. The van der Waals surface area contributed by atoms with Gasteiger partial charge in [-0.15, -0.1) is 0 Å². The second kappa shape index (κ2) is 6.50. The minimum Gasteiger partial charge on any atom is -0.493 e. The van der Waals surface area contributed by atoms with E-state index in [9.17, 15) is 0 Å². The van der Waals surface area contributed by atoms with Gasteiger partial charge in [0, 0.05) is 0 Å². The van der Waals surface area contributed by atoms with E-state index >= 15 is 0 Å². The summed E-state index contributed by atoms with van der Waals surface area (Å²) in [5, 5.41) is 9.47. The number of para-hydroxylation sites is 1. The molecule has 0 heterocycles. The number of benzene rings is 2. The molecule has 0 spiro atoms. The minimum absolute atomic E-state index is 0.0714. The fraction of sp³-hybridized carbons (Fsp3) is 0.200. The van der Waals surface area contributed by atoms with E-state index in [4.69, 9.17) is 30.9 Å². The Bertz CT molecular complexity index is 576. The third-order valence-corrected chi connectivity index (χ3v) is 3.07. The SMILES string of the molecule is COc1cccc(OC)c1Oc1ccc(CO)cc1Cl. The third kappa shape index (κ3) is 2.98. The maximum Gasteiger partial charge on any atom is 0.211 e. The van der Waals surface area contributed by atoms with Gasteiger partial charge in [-0.2, -0.15) is 0 Å². The summed E-state index contributed by atoms with van der Waals surface area (Å²) >= 11 is 6.13. The van der Waals surface area contributed by atoms with E-state index in [1.54, 1.807) is 50.6 Å². The Labute approximate surface area is 122 Å². The molecule has 0 fully saturated rings. The van der Waals surface area contributed by atoms with Crippen LogP contribution in [0, 0.1) is 0 Å². The lowest BCUT2D eigenvalue weighted by atomic mass is 10.2. The van der Waals surface area contributed by atoms with Crippen LogP contribution in [0.4, 0.5) is 0 Å². The third-order valence-electron chi connectivity index (χ3n) is 2.77. The van der Waals surface area contributed by atoms with Crippen molar-refractivity contribution in [3.63, 3.8) is 0 Å². The number of methoxy groups -OCH3 is 2. The predicted octanol–water partition coefficient (Wildman–Crippen LogP) is 3.64. The molecule has 0 saturated carbocycles. The molecule has 0 aliphatic carbocycles. The van der Waals surface area contributed by atoms with Gasteiger partial charge in [0.25, 0.3) is 0 Å². The molecule has 5 heteroatoms. The largest absolute Gasteiger partial charge is 0.493 e. The van der Waals surface area contributed by atoms with Crippen LogP contribution in [-0.2, 0) is 6.61 Å². The van der Waals surface area contributed by atoms with E-state index in [-0.39, 0.29) is 6.61 Å². The Hall–Kier alpha value is -1.91. The Kier molecular flexibility index (Phi) is 4.71. The summed E-state index contributed by atoms with van der Waals surface area (Å²) in [4.78, 5) is 0. The van der Waals surface area contributed by atoms with Gasteiger partial charge in [-0.1, -0.05) is 23.7 Å². The van der Waals surface area contributed by atoms with Crippen LogP contribution in [0.25, 0.3) is 0 Å². The number of aliphatic hydroxyl groups excluding tert-OH is 1. The molecule has 0 amide bonds. The van der Waals surface area contributed by atoms with Crippen LogP contribution in [0.15, 0.2) is 36.4 Å². The lowest BCUT2D eigenvalue weighted by molar-refractivity contribution is 0.281. The molecule has 0 aromatic heterocycles. The molecule has 0 aliphatic rings. The van der Waals surface area contributed by atoms with E-state index < -0.39 is 0 Å². The summed E-state index contributed by atoms with van der Waals surface area (Å²) in [5.41, 5.74) is 0.717. The van der Waals surface area contributed by atoms with E-state index in [1.807, 2.05) is 0 Å². The van der Waals surface area contributed by atoms with Gasteiger partial charge < -0.3 is 19.3 Å². The van der Waals surface area contributed by atoms with Gasteiger partial charge in [-0.25, -0.2) is 0 Å². The normalized spacial score (nSPS) is 10.2. The quantitative estimate of drug-likeness (QED) is 0.914. The van der Waals surface area contributed by atoms with E-state index in [0.29, 0.717) is 33.6 Å². The van der Waals surface area contributed by atoms with Crippen LogP contribution >= 0.6 is 11.6 Å². The molecule has 20 heavy (non-hydrogen) atoms. The second-order valence-corrected chi connectivity index (χ2v) is 4.42. The van der Waals surface area contributed by atoms with E-state index in [1.165, 1.54) is 0 Å². The van der Waals surface area contributed by atoms with Crippen molar-refractivity contribution in [3.05, 3.63) is 47.0 Å². The first kappa shape index (κ1) is 14.5. The van der Waals surface area contributed by atoms with Gasteiger partial charge in [0.05, 0.1) is 25.8 Å². The van der Waals surface area contributed by atoms with E-state index in [0.717, 1.165) is 0 Å². The van der Waals surface area contributed by atoms with Crippen molar-refractivity contribution in [2.45, 2.75) is 6.61 Å². The van der Waals surface area contributed by atoms with Gasteiger partial charge in [0.15, 0.2) is 11.5 Å². The summed E-state index contributed by atoms with van der Waals surface area (Å²) in [7, 11) is 3.11. The topological polar surface area (TPSA) is 47.9 Å². The van der Waals surface area contributed by atoms with Crippen LogP contribution < -0.4 is 14.2 Å². The van der Waals surface area contributed by atoms with Crippen LogP contribution in [-0.4, -0.2) is 19.3 Å². The number of halogens is 1. The predicted molar refractivity (Wildman–Crippen MR) is 77.0 cm³/mol. The number of rotatable bonds is 5. The molecule has 4 nitrogen and oxygen atoms in total. The molecule has 0 atom stereocenters. The molecule has 0 unspecified atom stereocenters. The van der Waals surface area contributed by atoms with E-state index in [2.05, 4.69) is 0 Å². The molecule has 2 rings (SSSR count). The lowest BCUT2D eigenvalue weighted by Gasteiger charge is -2.14. The minimum atomic E-state index is -0.0714. The van der Waals surface area contributed by atoms with Crippen molar-refractivity contribution >= 4 is 11.6 Å². The van der Waals surface area contributed by atoms with Gasteiger partial charge in [0.2, 0.25) is 5.75 Å². The number of ether oxygens (including phenoxy) is 3. The Morgan fingerprint density at radius 1 is 1.00 bits per heavy atom. The maximum atomic E-state index is 9.07. The lowest BCUT2D eigenvalue weighted by Crippen LogP contribution is -1.95. The Morgan fingerprint density at radius 3 is 2.15 bits per heavy atom. The van der Waals surface area contributed by atoms with Crippen LogP contribution in [0.2, 0.25) is 5.02 Å². The van der Waals surface area contributed by atoms with Crippen LogP contribution in [0.3, 0.4) is 0 Å². The molecule has 106 valence electrons. The number of hydrogen-bond donors (Lipinski definition) is 1. The molecule has 2 aromatic rings. The fourth-order valence-corrected chi connectivity index (χ4v) is 1.99. The molecular formula is C15H15ClO4. The summed E-state index contributed by atoms with van der Waals surface area (Å²) in [6.45, 7) is -0.0714. The fourth-order valence-electron chi connectivity index (χ4n) is 1.75. The van der Waals surface area contributed by atoms with Crippen LogP contribution in [0.1, 0.15) is 5.56 Å². The Morgan fingerprint density at radius 2 is 1.65 bits per heavy atom. The molecular weight excluding hydrogens is 280 g/mol. The molecule has 0 bridgehead atoms. The van der Waals surface area contributed by atoms with Crippen molar-refractivity contribution in [1.82, 2.24) is 0 Å². The first-order valence-electron chi connectivity index (χ1n) is 5.97. The van der Waals surface area contributed by atoms with Crippen molar-refractivity contribution in [2.75, 3.05) is 14.2 Å². The zero-order chi connectivity index (χ0) is 14.5. The molecule has 0 aliphatic heterocycles. The second-order valence-electron chi connectivity index (χ2n) is 4.02. The van der Waals surface area contributed by atoms with Crippen LogP contribution in [0.5, 0.6) is 23.0 Å². The zero-order valence-corrected chi connectivity index (χ0v) is 12.0. The Balaban J connectivity index is 2.39. The zero-order valence-electron chi connectivity index (χ0n) is 11.2. The summed E-state index contributed by atoms with van der Waals surface area (Å²) in [6.07, 6.45) is 0. The number of hydrogen-bond acceptors (Lipinski definition) is 4. The highest BCUT2D eigenvalue weighted by atomic mass is 35.5. The molecule has 1 N–H and O–H groups in total. The summed E-state index contributed by atoms with van der Waals surface area (Å²) in [5.74, 6) is 2.01. The molecule has 0 radical (unpaired) electrons. The van der Waals surface area contributed by atoms with Crippen molar-refractivity contribution in [3.8, 4) is 23.0 Å². The van der Waals surface area contributed by atoms with Gasteiger partial charge in [-0.05, 0) is 29.8 Å². The first-order chi connectivity index (χ1) is 9.69. The average molecular weight is 295 g/mol. The van der Waals surface area contributed by atoms with Gasteiger partial charge in [0.1, 0.15) is 5.75 Å². The smallest absolute Gasteiger partial charge is 0.211 e. The van der Waals surface area contributed by atoms with Crippen molar-refractivity contribution in [1.29, 1.82) is 0 Å². The molecule has 0 saturated heterocycles. The van der Waals surface area contributed by atoms with Gasteiger partial charge >= 0.3 is 0 Å². The van der Waals surface area contributed by atoms with Crippen molar-refractivity contribution < 1.29 is 19.3 Å². The maximum absolute atomic E-state index is 9.07. The highest BCUT2D eigenvalue weighted by Crippen LogP contribution is 2.41. The molecule has 2 aromatic carbocycles.